The van der Waals surface area contributed by atoms with Gasteiger partial charge in [-0.3, -0.25) is 0 Å². The van der Waals surface area contributed by atoms with Crippen LogP contribution < -0.4 is 17.2 Å². The van der Waals surface area contributed by atoms with Gasteiger partial charge in [-0.05, 0) is 89.5 Å². The molecule has 3 heteroatoms. The summed E-state index contributed by atoms with van der Waals surface area (Å²) in [4.78, 5) is 0. The summed E-state index contributed by atoms with van der Waals surface area (Å²) in [5, 5.41) is 0. The minimum absolute atomic E-state index is 0.945. The summed E-state index contributed by atoms with van der Waals surface area (Å²) in [5.74, 6) is 0. The second-order valence-corrected chi connectivity index (χ2v) is 8.94. The second kappa shape index (κ2) is 13.1. The molecule has 0 bridgehead atoms. The molecule has 3 aromatic rings. The Hall–Kier alpha value is -2.94. The van der Waals surface area contributed by atoms with Crippen LogP contribution in [0, 0.1) is 0 Å². The highest BCUT2D eigenvalue weighted by Crippen LogP contribution is 2.26. The number of anilines is 3. The summed E-state index contributed by atoms with van der Waals surface area (Å²) in [7, 11) is 0. The summed E-state index contributed by atoms with van der Waals surface area (Å²) in [5.41, 5.74) is 31.6. The first-order valence-electron chi connectivity index (χ1n) is 13.0. The van der Waals surface area contributed by atoms with E-state index in [2.05, 4.69) is 84.0 Å². The number of aryl methyl sites for hydroxylation is 6. The van der Waals surface area contributed by atoms with Crippen LogP contribution in [0.3, 0.4) is 0 Å². The number of nitrogens with two attached hydrogens (primary N) is 3. The van der Waals surface area contributed by atoms with Crippen molar-refractivity contribution in [1.29, 1.82) is 0 Å². The Bertz CT molecular complexity index is 950. The number of para-hydroxylation sites is 1. The lowest BCUT2D eigenvalue weighted by atomic mass is 9.93. The first-order valence-corrected chi connectivity index (χ1v) is 13.0. The minimum Gasteiger partial charge on any atom is -0.398 e. The van der Waals surface area contributed by atoms with Crippen LogP contribution in [0.4, 0.5) is 17.1 Å². The molecule has 0 aliphatic heterocycles. The minimum atomic E-state index is 0.945. The van der Waals surface area contributed by atoms with Gasteiger partial charge in [-0.2, -0.15) is 0 Å². The summed E-state index contributed by atoms with van der Waals surface area (Å²) >= 11 is 0. The van der Waals surface area contributed by atoms with Gasteiger partial charge in [0.2, 0.25) is 0 Å². The number of hydrogen-bond donors (Lipinski definition) is 3. The Morgan fingerprint density at radius 2 is 0.706 bits per heavy atom. The highest BCUT2D eigenvalue weighted by Gasteiger charge is 2.10. The predicted octanol–water partition coefficient (Wildman–Crippen LogP) is 7.09. The van der Waals surface area contributed by atoms with Gasteiger partial charge in [0.1, 0.15) is 0 Å². The van der Waals surface area contributed by atoms with Gasteiger partial charge in [-0.15, -0.1) is 0 Å². The van der Waals surface area contributed by atoms with Gasteiger partial charge in [-0.25, -0.2) is 0 Å². The maximum Gasteiger partial charge on any atom is 0.0379 e. The molecule has 0 aliphatic carbocycles. The molecule has 34 heavy (non-hydrogen) atoms. The van der Waals surface area contributed by atoms with Gasteiger partial charge in [-0.1, -0.05) is 84.0 Å². The topological polar surface area (TPSA) is 78.1 Å². The maximum atomic E-state index is 6.26. The molecule has 0 aromatic heterocycles. The molecule has 0 saturated heterocycles. The average molecular weight is 460 g/mol. The van der Waals surface area contributed by atoms with Crippen LogP contribution in [0.25, 0.3) is 0 Å². The van der Waals surface area contributed by atoms with Crippen LogP contribution >= 0.6 is 0 Å². The Morgan fingerprint density at radius 1 is 0.441 bits per heavy atom. The zero-order valence-electron chi connectivity index (χ0n) is 22.2. The van der Waals surface area contributed by atoms with E-state index >= 15 is 0 Å². The van der Waals surface area contributed by atoms with Crippen molar-refractivity contribution in [3.63, 3.8) is 0 Å². The smallest absolute Gasteiger partial charge is 0.0379 e. The van der Waals surface area contributed by atoms with Crippen molar-refractivity contribution in [3.8, 4) is 0 Å². The molecule has 0 unspecified atom stereocenters. The molecule has 0 saturated carbocycles. The van der Waals surface area contributed by atoms with Crippen LogP contribution in [0.15, 0.2) is 42.5 Å². The fourth-order valence-electron chi connectivity index (χ4n) is 4.59. The lowest BCUT2D eigenvalue weighted by Crippen LogP contribution is -2.04. The van der Waals surface area contributed by atoms with Crippen LogP contribution in [0.2, 0.25) is 0 Å². The van der Waals surface area contributed by atoms with Crippen molar-refractivity contribution < 1.29 is 0 Å². The van der Waals surface area contributed by atoms with Crippen molar-refractivity contribution in [2.45, 2.75) is 86.5 Å². The van der Waals surface area contributed by atoms with Crippen molar-refractivity contribution in [3.05, 3.63) is 87.0 Å². The zero-order valence-corrected chi connectivity index (χ0v) is 22.2. The largest absolute Gasteiger partial charge is 0.398 e. The molecule has 6 N–H and O–H groups in total. The molecule has 3 nitrogen and oxygen atoms in total. The summed E-state index contributed by atoms with van der Waals surface area (Å²) in [6, 6.07) is 15.3. The van der Waals surface area contributed by atoms with Crippen molar-refractivity contribution in [2.75, 3.05) is 17.2 Å². The van der Waals surface area contributed by atoms with Gasteiger partial charge in [0.15, 0.2) is 0 Å². The normalized spacial score (nSPS) is 10.6. The Balaban J connectivity index is 0.000000310. The molecule has 0 fully saturated rings. The Kier molecular flexibility index (Phi) is 10.5. The van der Waals surface area contributed by atoms with E-state index < -0.39 is 0 Å². The van der Waals surface area contributed by atoms with Crippen molar-refractivity contribution >= 4 is 17.1 Å². The van der Waals surface area contributed by atoms with E-state index in [0.29, 0.717) is 0 Å². The molecule has 0 heterocycles. The highest BCUT2D eigenvalue weighted by atomic mass is 14.6. The lowest BCUT2D eigenvalue weighted by molar-refractivity contribution is 1.04. The van der Waals surface area contributed by atoms with Crippen LogP contribution in [0.5, 0.6) is 0 Å². The van der Waals surface area contributed by atoms with E-state index in [9.17, 15) is 0 Å². The Morgan fingerprint density at radius 3 is 0.971 bits per heavy atom. The van der Waals surface area contributed by atoms with Crippen LogP contribution in [-0.2, 0) is 44.9 Å². The van der Waals surface area contributed by atoms with Gasteiger partial charge < -0.3 is 17.2 Å². The first-order chi connectivity index (χ1) is 16.3. The number of rotatable bonds is 8. The van der Waals surface area contributed by atoms with Gasteiger partial charge in [0.05, 0.1) is 0 Å². The molecule has 0 aliphatic rings. The molecule has 3 rings (SSSR count). The highest BCUT2D eigenvalue weighted by molar-refractivity contribution is 5.58. The van der Waals surface area contributed by atoms with Crippen molar-refractivity contribution in [1.82, 2.24) is 0 Å². The summed E-state index contributed by atoms with van der Waals surface area (Å²) in [6.45, 7) is 12.9. The maximum absolute atomic E-state index is 6.26. The summed E-state index contributed by atoms with van der Waals surface area (Å²) < 4.78 is 0. The van der Waals surface area contributed by atoms with E-state index in [1.807, 2.05) is 0 Å². The third-order valence-corrected chi connectivity index (χ3v) is 6.80. The summed E-state index contributed by atoms with van der Waals surface area (Å²) in [6.07, 6.45) is 6.92. The van der Waals surface area contributed by atoms with Crippen LogP contribution in [-0.4, -0.2) is 0 Å². The quantitative estimate of drug-likeness (QED) is 0.315. The van der Waals surface area contributed by atoms with Crippen LogP contribution in [0.1, 0.15) is 86.1 Å². The predicted molar refractivity (Wildman–Crippen MR) is 152 cm³/mol. The zero-order chi connectivity index (χ0) is 25.3. The third-order valence-electron chi connectivity index (χ3n) is 6.80. The molecule has 0 radical (unpaired) electrons. The average Bonchev–Trinajstić information content (AvgIpc) is 2.86. The number of nitrogen functional groups attached to an aromatic ring is 3. The SMILES string of the molecule is CCc1cc(Cc2cc(CC)c(N)c(CC)c2)cc(CC)c1N.CCc1cccc(CC)c1N. The van der Waals surface area contributed by atoms with Crippen molar-refractivity contribution in [2.24, 2.45) is 0 Å². The van der Waals surface area contributed by atoms with Gasteiger partial charge >= 0.3 is 0 Å². The van der Waals surface area contributed by atoms with E-state index in [0.717, 1.165) is 62.0 Å². The number of hydrogen-bond acceptors (Lipinski definition) is 3. The second-order valence-electron chi connectivity index (χ2n) is 8.94. The molecule has 0 amide bonds. The fraction of sp³-hybridized carbons (Fsp3) is 0.419. The Labute approximate surface area is 207 Å². The third kappa shape index (κ3) is 6.56. The van der Waals surface area contributed by atoms with E-state index in [1.165, 1.54) is 44.5 Å². The molecule has 184 valence electrons. The molecule has 0 spiro atoms. The van der Waals surface area contributed by atoms with Gasteiger partial charge in [0, 0.05) is 17.1 Å². The van der Waals surface area contributed by atoms with E-state index in [1.54, 1.807) is 0 Å². The molecule has 0 atom stereocenters. The molecule has 3 aromatic carbocycles. The fourth-order valence-corrected chi connectivity index (χ4v) is 4.59. The van der Waals surface area contributed by atoms with E-state index in [-0.39, 0.29) is 0 Å². The lowest BCUT2D eigenvalue weighted by Gasteiger charge is -2.15. The first kappa shape index (κ1) is 27.3. The van der Waals surface area contributed by atoms with E-state index in [4.69, 9.17) is 17.2 Å². The van der Waals surface area contributed by atoms with Gasteiger partial charge in [0.25, 0.3) is 0 Å². The standard InChI is InChI=1S/C21H30N2.C10H15N/c1-5-16-10-14(11-17(6-2)20(16)22)9-15-12-18(7-3)21(23)19(8-4)13-15;1-3-8-6-5-7-9(4-2)10(8)11/h10-13H,5-9,22-23H2,1-4H3;5-7H,3-4,11H2,1-2H3. The monoisotopic (exact) mass is 459 g/mol. The molecular weight excluding hydrogens is 414 g/mol. The molecular formula is C31H45N3. The number of benzene rings is 3.